The zero-order valence-corrected chi connectivity index (χ0v) is 15.9. The Morgan fingerprint density at radius 2 is 2.00 bits per heavy atom. The maximum Gasteiger partial charge on any atom is 0.273 e. The van der Waals surface area contributed by atoms with Gasteiger partial charge in [-0.05, 0) is 44.4 Å². The monoisotopic (exact) mass is 355 g/mol. The van der Waals surface area contributed by atoms with E-state index in [-0.39, 0.29) is 11.6 Å². The molecular formula is C20H25N3O3. The van der Waals surface area contributed by atoms with Crippen molar-refractivity contribution >= 4 is 17.3 Å². The molecule has 0 aliphatic carbocycles. The van der Waals surface area contributed by atoms with Crippen LogP contribution < -0.4 is 10.1 Å². The molecule has 0 saturated heterocycles. The highest BCUT2D eigenvalue weighted by Gasteiger charge is 2.14. The fourth-order valence-electron chi connectivity index (χ4n) is 2.49. The van der Waals surface area contributed by atoms with Gasteiger partial charge in [0.2, 0.25) is 5.88 Å². The van der Waals surface area contributed by atoms with Crippen molar-refractivity contribution in [3.05, 3.63) is 41.5 Å². The van der Waals surface area contributed by atoms with Crippen LogP contribution in [0.2, 0.25) is 0 Å². The molecule has 26 heavy (non-hydrogen) atoms. The lowest BCUT2D eigenvalue weighted by atomic mass is 10.00. The Morgan fingerprint density at radius 3 is 2.69 bits per heavy atom. The largest absolute Gasteiger partial charge is 0.478 e. The van der Waals surface area contributed by atoms with E-state index in [9.17, 15) is 4.79 Å². The number of rotatable bonds is 7. The Hall–Kier alpha value is -2.89. The predicted molar refractivity (Wildman–Crippen MR) is 104 cm³/mol. The molecule has 1 heterocycles. The first kappa shape index (κ1) is 19.4. The second-order valence-corrected chi connectivity index (χ2v) is 5.95. The number of aromatic nitrogens is 1. The number of nitrogens with one attached hydrogen (secondary N) is 1. The zero-order valence-electron chi connectivity index (χ0n) is 15.9. The molecule has 2 rings (SSSR count). The Kier molecular flexibility index (Phi) is 6.72. The van der Waals surface area contributed by atoms with Gasteiger partial charge in [-0.25, -0.2) is 4.98 Å². The van der Waals surface area contributed by atoms with E-state index >= 15 is 0 Å². The second kappa shape index (κ2) is 8.99. The summed E-state index contributed by atoms with van der Waals surface area (Å²) in [6, 6.07) is 9.60. The van der Waals surface area contributed by atoms with Crippen molar-refractivity contribution in [2.75, 3.05) is 19.0 Å². The average molecular weight is 355 g/mol. The minimum atomic E-state index is -0.309. The molecule has 0 unspecified atom stereocenters. The number of anilines is 1. The Balaban J connectivity index is 2.37. The van der Waals surface area contributed by atoms with E-state index in [1.54, 1.807) is 6.92 Å². The van der Waals surface area contributed by atoms with Gasteiger partial charge in [-0.3, -0.25) is 4.79 Å². The molecule has 1 aromatic carbocycles. The van der Waals surface area contributed by atoms with Gasteiger partial charge in [0.25, 0.3) is 5.91 Å². The topological polar surface area (TPSA) is 72.8 Å². The van der Waals surface area contributed by atoms with Crippen LogP contribution in [0, 0.1) is 13.8 Å². The summed E-state index contributed by atoms with van der Waals surface area (Å²) in [4.78, 5) is 21.5. The van der Waals surface area contributed by atoms with Gasteiger partial charge in [-0.2, -0.15) is 0 Å². The highest BCUT2D eigenvalue weighted by Crippen LogP contribution is 2.30. The maximum atomic E-state index is 12.2. The summed E-state index contributed by atoms with van der Waals surface area (Å²) in [6.45, 7) is 8.24. The molecule has 2 aromatic rings. The van der Waals surface area contributed by atoms with Gasteiger partial charge in [0.15, 0.2) is 0 Å². The van der Waals surface area contributed by atoms with Crippen LogP contribution in [0.25, 0.3) is 11.3 Å². The molecule has 0 aliphatic rings. The van der Waals surface area contributed by atoms with Crippen LogP contribution in [0.5, 0.6) is 5.88 Å². The molecule has 6 nitrogen and oxygen atoms in total. The minimum absolute atomic E-state index is 0.251. The third kappa shape index (κ3) is 4.59. The van der Waals surface area contributed by atoms with Crippen molar-refractivity contribution in [1.82, 2.24) is 4.98 Å². The van der Waals surface area contributed by atoms with Crippen LogP contribution >= 0.6 is 0 Å². The van der Waals surface area contributed by atoms with Crippen LogP contribution in [-0.4, -0.2) is 30.3 Å². The normalized spacial score (nSPS) is 11.2. The fraction of sp³-hybridized carbons (Fsp3) is 0.350. The minimum Gasteiger partial charge on any atom is -0.478 e. The molecule has 0 fully saturated rings. The van der Waals surface area contributed by atoms with Crippen molar-refractivity contribution in [3.8, 4) is 17.1 Å². The first-order chi connectivity index (χ1) is 12.5. The van der Waals surface area contributed by atoms with Crippen LogP contribution in [-0.2, 0) is 9.63 Å². The van der Waals surface area contributed by atoms with Gasteiger partial charge in [-0.15, -0.1) is 0 Å². The second-order valence-electron chi connectivity index (χ2n) is 5.95. The standard InChI is InChI=1S/C20H25N3O3/c1-6-12-26-18-11-10-13(2)19(22-18)16-8-7-9-17(14(16)3)21-20(24)15(4)23-25-5/h7-11H,6,12H2,1-5H3,(H,21,24)/b23-15+. The van der Waals surface area contributed by atoms with Gasteiger partial charge in [-0.1, -0.05) is 30.3 Å². The van der Waals surface area contributed by atoms with E-state index in [1.807, 2.05) is 44.2 Å². The van der Waals surface area contributed by atoms with Gasteiger partial charge in [0.1, 0.15) is 12.8 Å². The summed E-state index contributed by atoms with van der Waals surface area (Å²) in [5.74, 6) is 0.293. The number of nitrogens with zero attached hydrogens (tertiary/aromatic N) is 2. The van der Waals surface area contributed by atoms with Crippen LogP contribution in [0.4, 0.5) is 5.69 Å². The smallest absolute Gasteiger partial charge is 0.273 e. The van der Waals surface area contributed by atoms with Gasteiger partial charge < -0.3 is 14.9 Å². The van der Waals surface area contributed by atoms with Crippen LogP contribution in [0.3, 0.4) is 0 Å². The van der Waals surface area contributed by atoms with Crippen molar-refractivity contribution in [1.29, 1.82) is 0 Å². The molecule has 1 aromatic heterocycles. The highest BCUT2D eigenvalue weighted by atomic mass is 16.6. The quantitative estimate of drug-likeness (QED) is 0.599. The summed E-state index contributed by atoms with van der Waals surface area (Å²) < 4.78 is 5.65. The first-order valence-corrected chi connectivity index (χ1v) is 8.57. The number of ether oxygens (including phenoxy) is 1. The molecule has 0 radical (unpaired) electrons. The van der Waals surface area contributed by atoms with Gasteiger partial charge in [0.05, 0.1) is 12.3 Å². The van der Waals surface area contributed by atoms with Crippen LogP contribution in [0.15, 0.2) is 35.5 Å². The number of oxime groups is 1. The van der Waals surface area contributed by atoms with Crippen molar-refractivity contribution < 1.29 is 14.4 Å². The Bertz CT molecular complexity index is 816. The third-order valence-corrected chi connectivity index (χ3v) is 3.92. The number of carbonyl (C=O) groups is 1. The molecule has 1 amide bonds. The lowest BCUT2D eigenvalue weighted by Gasteiger charge is -2.14. The SMILES string of the molecule is CCCOc1ccc(C)c(-c2cccc(NC(=O)/C(C)=N/OC)c2C)n1. The lowest BCUT2D eigenvalue weighted by Crippen LogP contribution is -2.21. The summed E-state index contributed by atoms with van der Waals surface area (Å²) in [5, 5.41) is 6.53. The third-order valence-electron chi connectivity index (χ3n) is 3.92. The van der Waals surface area contributed by atoms with Crippen molar-refractivity contribution in [2.24, 2.45) is 5.16 Å². The summed E-state index contributed by atoms with van der Waals surface area (Å²) >= 11 is 0. The van der Waals surface area contributed by atoms with Crippen molar-refractivity contribution in [2.45, 2.75) is 34.1 Å². The predicted octanol–water partition coefficient (Wildman–Crippen LogP) is 4.12. The molecular weight excluding hydrogens is 330 g/mol. The maximum absolute atomic E-state index is 12.2. The van der Waals surface area contributed by atoms with E-state index < -0.39 is 0 Å². The number of benzene rings is 1. The van der Waals surface area contributed by atoms with Gasteiger partial charge >= 0.3 is 0 Å². The molecule has 0 atom stereocenters. The molecule has 0 saturated carbocycles. The molecule has 0 aliphatic heterocycles. The summed E-state index contributed by atoms with van der Waals surface area (Å²) in [7, 11) is 1.41. The summed E-state index contributed by atoms with van der Waals surface area (Å²) in [6.07, 6.45) is 0.924. The van der Waals surface area contributed by atoms with E-state index in [1.165, 1.54) is 7.11 Å². The van der Waals surface area contributed by atoms with Crippen LogP contribution in [0.1, 0.15) is 31.4 Å². The molecule has 6 heteroatoms. The average Bonchev–Trinajstić information content (AvgIpc) is 2.63. The number of pyridine rings is 1. The Labute approximate surface area is 154 Å². The van der Waals surface area contributed by atoms with Gasteiger partial charge in [0, 0.05) is 17.3 Å². The number of carbonyl (C=O) groups excluding carboxylic acids is 1. The number of hydrogen-bond donors (Lipinski definition) is 1. The highest BCUT2D eigenvalue weighted by molar-refractivity contribution is 6.42. The zero-order chi connectivity index (χ0) is 19.1. The summed E-state index contributed by atoms with van der Waals surface area (Å²) in [5.41, 5.74) is 4.71. The fourth-order valence-corrected chi connectivity index (χ4v) is 2.49. The lowest BCUT2D eigenvalue weighted by molar-refractivity contribution is -0.110. The van der Waals surface area contributed by atoms with E-state index in [4.69, 9.17) is 4.74 Å². The molecule has 0 bridgehead atoms. The van der Waals surface area contributed by atoms with E-state index in [2.05, 4.69) is 27.2 Å². The number of hydrogen-bond acceptors (Lipinski definition) is 5. The van der Waals surface area contributed by atoms with E-state index in [0.717, 1.165) is 28.8 Å². The first-order valence-electron chi connectivity index (χ1n) is 8.57. The molecule has 138 valence electrons. The van der Waals surface area contributed by atoms with E-state index in [0.29, 0.717) is 18.2 Å². The van der Waals surface area contributed by atoms with Crippen molar-refractivity contribution in [3.63, 3.8) is 0 Å². The Morgan fingerprint density at radius 1 is 1.23 bits per heavy atom. The molecule has 1 N–H and O–H groups in total. The number of aryl methyl sites for hydroxylation is 1. The molecule has 0 spiro atoms. The number of amides is 1.